The number of hydrogen-bond acceptors (Lipinski definition) is 3. The number of rotatable bonds is 2. The van der Waals surface area contributed by atoms with Gasteiger partial charge in [0.25, 0.3) is 0 Å². The quantitative estimate of drug-likeness (QED) is 0.898. The molecule has 2 aliphatic heterocycles. The largest absolute Gasteiger partial charge is 0.332 e. The maximum atomic E-state index is 12.9. The summed E-state index contributed by atoms with van der Waals surface area (Å²) in [5, 5.41) is 3.39. The highest BCUT2D eigenvalue weighted by molar-refractivity contribution is 5.82. The highest BCUT2D eigenvalue weighted by Gasteiger charge is 2.34. The third kappa shape index (κ3) is 3.27. The van der Waals surface area contributed by atoms with E-state index in [1.165, 1.54) is 12.0 Å². The van der Waals surface area contributed by atoms with Crippen LogP contribution in [0.5, 0.6) is 0 Å². The van der Waals surface area contributed by atoms with E-state index in [1.807, 2.05) is 6.07 Å². The third-order valence-corrected chi connectivity index (χ3v) is 4.66. The Morgan fingerprint density at radius 2 is 2.00 bits per heavy atom. The van der Waals surface area contributed by atoms with Crippen LogP contribution in [-0.4, -0.2) is 55.0 Å². The van der Waals surface area contributed by atoms with E-state index in [0.717, 1.165) is 39.0 Å². The number of carbonyl (C=O) groups is 1. The molecule has 114 valence electrons. The second-order valence-electron chi connectivity index (χ2n) is 6.22. The first kappa shape index (κ1) is 14.5. The zero-order valence-corrected chi connectivity index (χ0v) is 12.8. The summed E-state index contributed by atoms with van der Waals surface area (Å²) in [7, 11) is 2.14. The third-order valence-electron chi connectivity index (χ3n) is 4.66. The lowest BCUT2D eigenvalue weighted by Crippen LogP contribution is -2.55. The number of nitrogens with one attached hydrogen (secondary N) is 1. The van der Waals surface area contributed by atoms with Gasteiger partial charge in [-0.15, -0.1) is 0 Å². The summed E-state index contributed by atoms with van der Waals surface area (Å²) in [4.78, 5) is 17.3. The first-order valence-electron chi connectivity index (χ1n) is 8.03. The van der Waals surface area contributed by atoms with E-state index in [9.17, 15) is 4.79 Å². The van der Waals surface area contributed by atoms with Crippen molar-refractivity contribution in [2.75, 3.05) is 33.2 Å². The van der Waals surface area contributed by atoms with Gasteiger partial charge in [0.2, 0.25) is 5.91 Å². The van der Waals surface area contributed by atoms with Gasteiger partial charge in [0, 0.05) is 19.6 Å². The molecule has 3 rings (SSSR count). The number of nitrogens with zero attached hydrogens (tertiary/aromatic N) is 2. The summed E-state index contributed by atoms with van der Waals surface area (Å²) >= 11 is 0. The van der Waals surface area contributed by atoms with E-state index < -0.39 is 0 Å². The van der Waals surface area contributed by atoms with Gasteiger partial charge >= 0.3 is 0 Å². The van der Waals surface area contributed by atoms with Crippen molar-refractivity contribution in [1.29, 1.82) is 0 Å². The first-order chi connectivity index (χ1) is 10.3. The fourth-order valence-electron chi connectivity index (χ4n) is 3.41. The van der Waals surface area contributed by atoms with Crippen LogP contribution in [0.3, 0.4) is 0 Å². The van der Waals surface area contributed by atoms with Crippen molar-refractivity contribution < 1.29 is 4.79 Å². The van der Waals surface area contributed by atoms with Crippen LogP contribution in [-0.2, 0) is 4.79 Å². The smallest absolute Gasteiger partial charge is 0.240 e. The molecule has 0 saturated carbocycles. The zero-order chi connectivity index (χ0) is 14.7. The Balaban J connectivity index is 1.79. The molecule has 1 aromatic carbocycles. The Morgan fingerprint density at radius 3 is 2.71 bits per heavy atom. The van der Waals surface area contributed by atoms with Crippen molar-refractivity contribution in [3.63, 3.8) is 0 Å². The van der Waals surface area contributed by atoms with Crippen LogP contribution in [0, 0.1) is 0 Å². The van der Waals surface area contributed by atoms with Crippen LogP contribution < -0.4 is 5.32 Å². The van der Waals surface area contributed by atoms with Gasteiger partial charge in [-0.05, 0) is 32.0 Å². The Kier molecular flexibility index (Phi) is 4.56. The molecule has 2 heterocycles. The predicted octanol–water partition coefficient (Wildman–Crippen LogP) is 1.64. The molecule has 1 amide bonds. The second-order valence-corrected chi connectivity index (χ2v) is 6.22. The van der Waals surface area contributed by atoms with Crippen LogP contribution in [0.15, 0.2) is 30.3 Å². The molecule has 0 aliphatic carbocycles. The predicted molar refractivity (Wildman–Crippen MR) is 84.0 cm³/mol. The zero-order valence-electron chi connectivity index (χ0n) is 12.8. The molecule has 2 aliphatic rings. The summed E-state index contributed by atoms with van der Waals surface area (Å²) < 4.78 is 0. The summed E-state index contributed by atoms with van der Waals surface area (Å²) in [5.74, 6) is 0.289. The first-order valence-corrected chi connectivity index (χ1v) is 8.03. The molecule has 21 heavy (non-hydrogen) atoms. The van der Waals surface area contributed by atoms with Gasteiger partial charge in [-0.2, -0.15) is 0 Å². The molecule has 0 bridgehead atoms. The highest BCUT2D eigenvalue weighted by atomic mass is 16.2. The number of likely N-dealkylation sites (N-methyl/N-ethyl adjacent to an activating group) is 1. The summed E-state index contributed by atoms with van der Waals surface area (Å²) in [6, 6.07) is 10.6. The van der Waals surface area contributed by atoms with Gasteiger partial charge in [-0.1, -0.05) is 36.8 Å². The number of piperidine rings is 1. The van der Waals surface area contributed by atoms with Crippen LogP contribution >= 0.6 is 0 Å². The van der Waals surface area contributed by atoms with E-state index in [-0.39, 0.29) is 18.0 Å². The molecular weight excluding hydrogens is 262 g/mol. The Bertz CT molecular complexity index is 470. The van der Waals surface area contributed by atoms with Crippen LogP contribution in [0.2, 0.25) is 0 Å². The van der Waals surface area contributed by atoms with E-state index in [0.29, 0.717) is 0 Å². The minimum absolute atomic E-state index is 0.0216. The van der Waals surface area contributed by atoms with E-state index in [1.54, 1.807) is 0 Å². The number of amides is 1. The minimum Gasteiger partial charge on any atom is -0.332 e. The molecule has 2 fully saturated rings. The molecule has 2 saturated heterocycles. The lowest BCUT2D eigenvalue weighted by atomic mass is 9.98. The molecule has 4 nitrogen and oxygen atoms in total. The van der Waals surface area contributed by atoms with Crippen LogP contribution in [0.4, 0.5) is 0 Å². The Morgan fingerprint density at radius 1 is 1.19 bits per heavy atom. The van der Waals surface area contributed by atoms with Crippen molar-refractivity contribution in [3.05, 3.63) is 35.9 Å². The average molecular weight is 287 g/mol. The highest BCUT2D eigenvalue weighted by Crippen LogP contribution is 2.26. The van der Waals surface area contributed by atoms with E-state index >= 15 is 0 Å². The van der Waals surface area contributed by atoms with Gasteiger partial charge < -0.3 is 15.1 Å². The van der Waals surface area contributed by atoms with Crippen molar-refractivity contribution in [2.45, 2.75) is 31.3 Å². The molecule has 0 aromatic heterocycles. The molecule has 2 unspecified atom stereocenters. The molecule has 0 spiro atoms. The van der Waals surface area contributed by atoms with Gasteiger partial charge in [-0.3, -0.25) is 4.79 Å². The minimum atomic E-state index is 0.0216. The Hall–Kier alpha value is -1.39. The van der Waals surface area contributed by atoms with Crippen molar-refractivity contribution in [2.24, 2.45) is 0 Å². The van der Waals surface area contributed by atoms with Gasteiger partial charge in [0.05, 0.1) is 12.1 Å². The van der Waals surface area contributed by atoms with Gasteiger partial charge in [-0.25, -0.2) is 0 Å². The molecule has 1 aromatic rings. The number of hydrogen-bond donors (Lipinski definition) is 1. The average Bonchev–Trinajstić information content (AvgIpc) is 2.56. The topological polar surface area (TPSA) is 35.6 Å². The number of carbonyl (C=O) groups excluding carboxylic acids is 1. The molecule has 0 radical (unpaired) electrons. The lowest BCUT2D eigenvalue weighted by molar-refractivity contribution is -0.139. The SMILES string of the molecule is CN1CCN(C(=O)C2CCCCN2)C(c2ccccc2)C1. The van der Waals surface area contributed by atoms with Gasteiger partial charge in [0.1, 0.15) is 0 Å². The van der Waals surface area contributed by atoms with Crippen LogP contribution in [0.1, 0.15) is 30.9 Å². The van der Waals surface area contributed by atoms with Crippen molar-refractivity contribution in [1.82, 2.24) is 15.1 Å². The van der Waals surface area contributed by atoms with E-state index in [4.69, 9.17) is 0 Å². The second kappa shape index (κ2) is 6.58. The molecule has 4 heteroatoms. The van der Waals surface area contributed by atoms with Crippen LogP contribution in [0.25, 0.3) is 0 Å². The summed E-state index contributed by atoms with van der Waals surface area (Å²) in [6.07, 6.45) is 3.33. The lowest BCUT2D eigenvalue weighted by Gasteiger charge is -2.42. The molecular formula is C17H25N3O. The van der Waals surface area contributed by atoms with Gasteiger partial charge in [0.15, 0.2) is 0 Å². The maximum Gasteiger partial charge on any atom is 0.240 e. The standard InChI is InChI=1S/C17H25N3O/c1-19-11-12-20(17(21)15-9-5-6-10-18-15)16(13-19)14-7-3-2-4-8-14/h2-4,7-8,15-16,18H,5-6,9-13H2,1H3. The summed E-state index contributed by atoms with van der Waals surface area (Å²) in [5.41, 5.74) is 1.24. The van der Waals surface area contributed by atoms with Crippen molar-refractivity contribution in [3.8, 4) is 0 Å². The molecule has 2 atom stereocenters. The monoisotopic (exact) mass is 287 g/mol. The number of piperazine rings is 1. The fraction of sp³-hybridized carbons (Fsp3) is 0.588. The Labute approximate surface area is 127 Å². The maximum absolute atomic E-state index is 12.9. The molecule has 1 N–H and O–H groups in total. The summed E-state index contributed by atoms with van der Waals surface area (Å²) in [6.45, 7) is 3.68. The number of benzene rings is 1. The normalized spacial score (nSPS) is 27.6. The fourth-order valence-corrected chi connectivity index (χ4v) is 3.41. The van der Waals surface area contributed by atoms with Crippen molar-refractivity contribution >= 4 is 5.91 Å². The van der Waals surface area contributed by atoms with E-state index in [2.05, 4.69) is 46.4 Å².